The Hall–Kier alpha value is -0.380. The molecule has 0 radical (unpaired) electrons. The standard InChI is InChI=1S/C18H30N4OS.HI/c1-3-19-18(21(2)10-8-17-7-5-11-24-17)20-12-16-13-22-9-4-6-15(22)14-23-16;/h5,7,11,15-16H,3-4,6,8-10,12-14H2,1-2H3,(H,19,20);1H. The van der Waals surface area contributed by atoms with Crippen molar-refractivity contribution in [2.24, 2.45) is 4.99 Å². The average molecular weight is 478 g/mol. The largest absolute Gasteiger partial charge is 0.373 e. The number of fused-ring (bicyclic) bond motifs is 1. The Balaban J connectivity index is 0.00000225. The molecule has 0 amide bonds. The van der Waals surface area contributed by atoms with E-state index in [9.17, 15) is 0 Å². The molecule has 3 rings (SSSR count). The van der Waals surface area contributed by atoms with Gasteiger partial charge in [-0.15, -0.1) is 35.3 Å². The van der Waals surface area contributed by atoms with Gasteiger partial charge in [0.05, 0.1) is 19.3 Å². The van der Waals surface area contributed by atoms with Crippen LogP contribution in [-0.2, 0) is 11.2 Å². The molecule has 2 aliphatic heterocycles. The number of hydrogen-bond acceptors (Lipinski definition) is 4. The van der Waals surface area contributed by atoms with Gasteiger partial charge in [0.2, 0.25) is 0 Å². The minimum Gasteiger partial charge on any atom is -0.373 e. The first-order valence-corrected chi connectivity index (χ1v) is 10.0. The van der Waals surface area contributed by atoms with Crippen LogP contribution < -0.4 is 5.32 Å². The Bertz CT molecular complexity index is 525. The summed E-state index contributed by atoms with van der Waals surface area (Å²) < 4.78 is 6.03. The van der Waals surface area contributed by atoms with Crippen LogP contribution >= 0.6 is 35.3 Å². The van der Waals surface area contributed by atoms with Gasteiger partial charge in [0.25, 0.3) is 0 Å². The van der Waals surface area contributed by atoms with Crippen molar-refractivity contribution in [1.82, 2.24) is 15.1 Å². The third-order valence-electron chi connectivity index (χ3n) is 4.88. The van der Waals surface area contributed by atoms with Crippen molar-refractivity contribution in [2.75, 3.05) is 46.4 Å². The monoisotopic (exact) mass is 478 g/mol. The second-order valence-corrected chi connectivity index (χ2v) is 7.72. The first kappa shape index (κ1) is 20.9. The molecule has 0 saturated carbocycles. The molecule has 2 atom stereocenters. The molecule has 142 valence electrons. The summed E-state index contributed by atoms with van der Waals surface area (Å²) in [6.07, 6.45) is 3.91. The summed E-state index contributed by atoms with van der Waals surface area (Å²) in [6, 6.07) is 4.97. The van der Waals surface area contributed by atoms with Crippen LogP contribution in [0.5, 0.6) is 0 Å². The van der Waals surface area contributed by atoms with E-state index in [-0.39, 0.29) is 30.1 Å². The lowest BCUT2D eigenvalue weighted by atomic mass is 10.2. The molecular weight excluding hydrogens is 447 g/mol. The quantitative estimate of drug-likeness (QED) is 0.388. The molecule has 5 nitrogen and oxygen atoms in total. The molecule has 0 spiro atoms. The van der Waals surface area contributed by atoms with E-state index in [2.05, 4.69) is 46.6 Å². The van der Waals surface area contributed by atoms with Crippen molar-refractivity contribution in [3.05, 3.63) is 22.4 Å². The van der Waals surface area contributed by atoms with Gasteiger partial charge >= 0.3 is 0 Å². The number of nitrogens with zero attached hydrogens (tertiary/aromatic N) is 3. The lowest BCUT2D eigenvalue weighted by molar-refractivity contribution is -0.0432. The molecule has 2 saturated heterocycles. The number of morpholine rings is 1. The number of ether oxygens (including phenoxy) is 1. The molecule has 2 fully saturated rings. The molecule has 0 bridgehead atoms. The van der Waals surface area contributed by atoms with Crippen LogP contribution in [0.1, 0.15) is 24.6 Å². The van der Waals surface area contributed by atoms with Gasteiger partial charge < -0.3 is 15.0 Å². The molecule has 0 aliphatic carbocycles. The number of rotatable bonds is 6. The Morgan fingerprint density at radius 1 is 1.52 bits per heavy atom. The van der Waals surface area contributed by atoms with E-state index in [1.54, 1.807) is 0 Å². The van der Waals surface area contributed by atoms with Crippen molar-refractivity contribution < 1.29 is 4.74 Å². The van der Waals surface area contributed by atoms with Gasteiger partial charge in [0.1, 0.15) is 0 Å². The Kier molecular flexibility index (Phi) is 8.95. The van der Waals surface area contributed by atoms with Gasteiger partial charge in [-0.2, -0.15) is 0 Å². The van der Waals surface area contributed by atoms with Gasteiger partial charge in [-0.25, -0.2) is 0 Å². The first-order chi connectivity index (χ1) is 11.8. The molecule has 3 heterocycles. The highest BCUT2D eigenvalue weighted by Gasteiger charge is 2.32. The van der Waals surface area contributed by atoms with Crippen LogP contribution in [0, 0.1) is 0 Å². The highest BCUT2D eigenvalue weighted by atomic mass is 127. The Morgan fingerprint density at radius 3 is 3.16 bits per heavy atom. The topological polar surface area (TPSA) is 40.1 Å². The Labute approximate surface area is 172 Å². The number of aliphatic imine (C=N–C) groups is 1. The summed E-state index contributed by atoms with van der Waals surface area (Å²) in [6.45, 7) is 7.88. The van der Waals surface area contributed by atoms with Gasteiger partial charge in [-0.05, 0) is 44.2 Å². The number of nitrogens with one attached hydrogen (secondary N) is 1. The summed E-state index contributed by atoms with van der Waals surface area (Å²) in [7, 11) is 2.12. The maximum Gasteiger partial charge on any atom is 0.193 e. The van der Waals surface area contributed by atoms with Gasteiger partial charge in [-0.1, -0.05) is 6.07 Å². The number of likely N-dealkylation sites (N-methyl/N-ethyl adjacent to an activating group) is 1. The van der Waals surface area contributed by atoms with E-state index in [0.29, 0.717) is 6.04 Å². The summed E-state index contributed by atoms with van der Waals surface area (Å²) in [4.78, 5) is 11.1. The number of hydrogen-bond donors (Lipinski definition) is 1. The zero-order valence-corrected chi connectivity index (χ0v) is 18.5. The van der Waals surface area contributed by atoms with Gasteiger partial charge in [-0.3, -0.25) is 9.89 Å². The summed E-state index contributed by atoms with van der Waals surface area (Å²) in [5.41, 5.74) is 0. The van der Waals surface area contributed by atoms with Crippen molar-refractivity contribution in [2.45, 2.75) is 38.3 Å². The van der Waals surface area contributed by atoms with Crippen LogP contribution in [0.2, 0.25) is 0 Å². The van der Waals surface area contributed by atoms with Gasteiger partial charge in [0.15, 0.2) is 5.96 Å². The number of guanidine groups is 1. The molecule has 1 N–H and O–H groups in total. The second kappa shape index (κ2) is 10.7. The fraction of sp³-hybridized carbons (Fsp3) is 0.722. The summed E-state index contributed by atoms with van der Waals surface area (Å²) in [5.74, 6) is 0.987. The molecule has 0 aromatic carbocycles. The van der Waals surface area contributed by atoms with E-state index in [1.807, 2.05) is 11.3 Å². The summed E-state index contributed by atoms with van der Waals surface area (Å²) in [5, 5.41) is 5.55. The van der Waals surface area contributed by atoms with Crippen LogP contribution in [0.4, 0.5) is 0 Å². The minimum atomic E-state index is 0. The first-order valence-electron chi connectivity index (χ1n) is 9.13. The highest BCUT2D eigenvalue weighted by Crippen LogP contribution is 2.22. The van der Waals surface area contributed by atoms with Gasteiger partial charge in [0, 0.05) is 37.6 Å². The zero-order valence-electron chi connectivity index (χ0n) is 15.3. The van der Waals surface area contributed by atoms with Crippen LogP contribution in [0.3, 0.4) is 0 Å². The van der Waals surface area contributed by atoms with Crippen molar-refractivity contribution >= 4 is 41.3 Å². The smallest absolute Gasteiger partial charge is 0.193 e. The molecule has 1 aromatic heterocycles. The predicted octanol–water partition coefficient (Wildman–Crippen LogP) is 2.67. The zero-order chi connectivity index (χ0) is 16.8. The molecule has 7 heteroatoms. The third kappa shape index (κ3) is 6.08. The Morgan fingerprint density at radius 2 is 2.40 bits per heavy atom. The van der Waals surface area contributed by atoms with Crippen molar-refractivity contribution in [1.29, 1.82) is 0 Å². The fourth-order valence-electron chi connectivity index (χ4n) is 3.49. The highest BCUT2D eigenvalue weighted by molar-refractivity contribution is 14.0. The van der Waals surface area contributed by atoms with Crippen LogP contribution in [0.25, 0.3) is 0 Å². The molecular formula is C18H31IN4OS. The minimum absolute atomic E-state index is 0. The summed E-state index contributed by atoms with van der Waals surface area (Å²) >= 11 is 1.82. The molecule has 2 unspecified atom stereocenters. The average Bonchev–Trinajstić information content (AvgIpc) is 3.27. The van der Waals surface area contributed by atoms with Crippen LogP contribution in [-0.4, -0.2) is 74.3 Å². The van der Waals surface area contributed by atoms with Crippen molar-refractivity contribution in [3.63, 3.8) is 0 Å². The van der Waals surface area contributed by atoms with Crippen LogP contribution in [0.15, 0.2) is 22.5 Å². The lowest BCUT2D eigenvalue weighted by Gasteiger charge is -2.34. The fourth-order valence-corrected chi connectivity index (χ4v) is 4.19. The third-order valence-corrected chi connectivity index (χ3v) is 5.81. The normalized spacial score (nSPS) is 23.8. The van der Waals surface area contributed by atoms with E-state index >= 15 is 0 Å². The van der Waals surface area contributed by atoms with E-state index < -0.39 is 0 Å². The predicted molar refractivity (Wildman–Crippen MR) is 116 cm³/mol. The second-order valence-electron chi connectivity index (χ2n) is 6.69. The molecule has 1 aromatic rings. The van der Waals surface area contributed by atoms with E-state index in [4.69, 9.17) is 9.73 Å². The SMILES string of the molecule is CCNC(=NCC1CN2CCCC2CO1)N(C)CCc1cccs1.I. The molecule has 2 aliphatic rings. The number of thiophene rings is 1. The molecule has 25 heavy (non-hydrogen) atoms. The van der Waals surface area contributed by atoms with Crippen molar-refractivity contribution in [3.8, 4) is 0 Å². The maximum absolute atomic E-state index is 6.03. The maximum atomic E-state index is 6.03. The number of halogens is 1. The van der Waals surface area contributed by atoms with E-state index in [1.165, 1.54) is 24.3 Å². The lowest BCUT2D eigenvalue weighted by Crippen LogP contribution is -2.47. The van der Waals surface area contributed by atoms with E-state index in [0.717, 1.165) is 45.2 Å².